The fraction of sp³-hybridized carbons (Fsp3) is 0.200. The third kappa shape index (κ3) is 5.47. The van der Waals surface area contributed by atoms with Gasteiger partial charge in [0.1, 0.15) is 5.65 Å². The Balaban J connectivity index is 1.35. The molecule has 13 heteroatoms. The van der Waals surface area contributed by atoms with Crippen LogP contribution in [0.2, 0.25) is 0 Å². The van der Waals surface area contributed by atoms with E-state index in [-0.39, 0.29) is 34.4 Å². The summed E-state index contributed by atoms with van der Waals surface area (Å²) in [6.07, 6.45) is -2.25. The van der Waals surface area contributed by atoms with Gasteiger partial charge in [-0.1, -0.05) is 46.3 Å². The summed E-state index contributed by atoms with van der Waals surface area (Å²) in [4.78, 5) is 39.5. The minimum absolute atomic E-state index is 0.0131. The number of alkyl halides is 3. The van der Waals surface area contributed by atoms with E-state index in [4.69, 9.17) is 9.94 Å². The molecule has 244 valence electrons. The van der Waals surface area contributed by atoms with Gasteiger partial charge in [0.25, 0.3) is 11.5 Å². The highest BCUT2D eigenvalue weighted by Crippen LogP contribution is 2.36. The van der Waals surface area contributed by atoms with Crippen LogP contribution in [0.5, 0.6) is 0 Å². The van der Waals surface area contributed by atoms with Crippen molar-refractivity contribution in [3.8, 4) is 5.69 Å². The van der Waals surface area contributed by atoms with E-state index in [0.717, 1.165) is 22.8 Å². The zero-order chi connectivity index (χ0) is 33.9. The third-order valence-corrected chi connectivity index (χ3v) is 9.31. The van der Waals surface area contributed by atoms with E-state index in [2.05, 4.69) is 27.5 Å². The quantitative estimate of drug-likeness (QED) is 0.206. The van der Waals surface area contributed by atoms with Crippen LogP contribution in [0.4, 0.5) is 13.2 Å². The number of hydrogen-bond acceptors (Lipinski definition) is 6. The molecular formula is C35H28BrF3N6O3. The van der Waals surface area contributed by atoms with Crippen LogP contribution in [0.25, 0.3) is 11.3 Å². The van der Waals surface area contributed by atoms with Crippen molar-refractivity contribution in [3.05, 3.63) is 145 Å². The molecule has 0 bridgehead atoms. The summed E-state index contributed by atoms with van der Waals surface area (Å²) in [5.74, 6) is 0.286. The molecule has 5 aromatic rings. The molecule has 0 aliphatic carbocycles. The van der Waals surface area contributed by atoms with Gasteiger partial charge in [-0.05, 0) is 68.0 Å². The van der Waals surface area contributed by atoms with Gasteiger partial charge in [0.15, 0.2) is 5.84 Å². The monoisotopic (exact) mass is 716 g/mol. The molecule has 0 spiro atoms. The molecule has 0 radical (unpaired) electrons. The van der Waals surface area contributed by atoms with Crippen LogP contribution in [-0.4, -0.2) is 49.0 Å². The minimum atomic E-state index is -4.64. The van der Waals surface area contributed by atoms with Gasteiger partial charge < -0.3 is 9.74 Å². The van der Waals surface area contributed by atoms with Crippen molar-refractivity contribution in [2.75, 3.05) is 7.05 Å². The summed E-state index contributed by atoms with van der Waals surface area (Å²) < 4.78 is 44.2. The number of amides is 1. The summed E-state index contributed by atoms with van der Waals surface area (Å²) in [6, 6.07) is 20.1. The third-order valence-electron chi connectivity index (χ3n) is 8.62. The van der Waals surface area contributed by atoms with Crippen LogP contribution in [0.3, 0.4) is 0 Å². The number of rotatable bonds is 5. The Bertz CT molecular complexity index is 2190. The maximum Gasteiger partial charge on any atom is 0.417 e. The van der Waals surface area contributed by atoms with E-state index < -0.39 is 23.7 Å². The first-order chi connectivity index (χ1) is 22.9. The standard InChI is InChI=1S/C35H28BrF3N6O3/c1-20-15-27-30(19-43(20)33(46)24-11-14-29(36)28(17-24)35(37,38)39)45-32(25(18-40-45)16-22-7-5-4-6-8-22)44(34(27)47)26-12-9-23(10-13-26)31-41-21(2)48-42(31)3/h4-14,17-18,20H,2,15-16,19H2,1,3H3/t20-/m1/s1. The summed E-state index contributed by atoms with van der Waals surface area (Å²) in [7, 11) is 1.73. The smallest absolute Gasteiger partial charge is 0.358 e. The second-order valence-electron chi connectivity index (χ2n) is 11.8. The van der Waals surface area contributed by atoms with Crippen LogP contribution in [0.15, 0.2) is 106 Å². The Morgan fingerprint density at radius 2 is 1.81 bits per heavy atom. The van der Waals surface area contributed by atoms with Gasteiger partial charge in [0.2, 0.25) is 5.88 Å². The van der Waals surface area contributed by atoms with Crippen molar-refractivity contribution < 1.29 is 22.8 Å². The maximum atomic E-state index is 14.5. The van der Waals surface area contributed by atoms with Gasteiger partial charge in [-0.3, -0.25) is 14.2 Å². The molecule has 4 heterocycles. The molecule has 9 nitrogen and oxygen atoms in total. The predicted octanol–water partition coefficient (Wildman–Crippen LogP) is 6.54. The van der Waals surface area contributed by atoms with Crippen molar-refractivity contribution in [1.82, 2.24) is 24.1 Å². The Hall–Kier alpha value is -5.17. The van der Waals surface area contributed by atoms with E-state index in [1.807, 2.05) is 54.6 Å². The average Bonchev–Trinajstić information content (AvgIpc) is 3.62. The van der Waals surface area contributed by atoms with Crippen molar-refractivity contribution in [2.45, 2.75) is 38.5 Å². The molecule has 2 aliphatic heterocycles. The molecule has 48 heavy (non-hydrogen) atoms. The number of halogens is 4. The lowest BCUT2D eigenvalue weighted by molar-refractivity contribution is -0.138. The zero-order valence-electron chi connectivity index (χ0n) is 25.8. The topological polar surface area (TPSA) is 84.4 Å². The number of carbonyl (C=O) groups excluding carboxylic acids is 1. The van der Waals surface area contributed by atoms with E-state index in [0.29, 0.717) is 34.8 Å². The number of aromatic nitrogens is 3. The molecular weight excluding hydrogens is 689 g/mol. The Morgan fingerprint density at radius 1 is 1.08 bits per heavy atom. The van der Waals surface area contributed by atoms with E-state index in [1.165, 1.54) is 22.1 Å². The molecule has 2 aromatic heterocycles. The number of carbonyl (C=O) groups is 1. The van der Waals surface area contributed by atoms with E-state index in [9.17, 15) is 22.8 Å². The average molecular weight is 718 g/mol. The second kappa shape index (κ2) is 11.8. The summed E-state index contributed by atoms with van der Waals surface area (Å²) in [6.45, 7) is 5.52. The summed E-state index contributed by atoms with van der Waals surface area (Å²) >= 11 is 2.95. The number of nitrogens with zero attached hydrogens (tertiary/aromatic N) is 6. The lowest BCUT2D eigenvalue weighted by atomic mass is 9.97. The van der Waals surface area contributed by atoms with Gasteiger partial charge in [0, 0.05) is 46.2 Å². The number of aliphatic imine (C=N–C) groups is 1. The predicted molar refractivity (Wildman–Crippen MR) is 177 cm³/mol. The van der Waals surface area contributed by atoms with Crippen LogP contribution in [-0.2, 0) is 30.4 Å². The van der Waals surface area contributed by atoms with E-state index >= 15 is 0 Å². The fourth-order valence-electron chi connectivity index (χ4n) is 6.29. The van der Waals surface area contributed by atoms with Gasteiger partial charge >= 0.3 is 6.18 Å². The highest BCUT2D eigenvalue weighted by Gasteiger charge is 2.36. The SMILES string of the molecule is C=C1N=C(c2ccc(-n3c(=O)c4c(n5ncc(Cc6ccccc6)c35)CN(C(=O)c3ccc(Br)c(C(F)(F)F)c3)[C@H](C)C4)cc2)N(C)O1. The van der Waals surface area contributed by atoms with Crippen molar-refractivity contribution in [3.63, 3.8) is 0 Å². The highest BCUT2D eigenvalue weighted by atomic mass is 79.9. The number of benzene rings is 3. The van der Waals surface area contributed by atoms with Crippen LogP contribution in [0, 0.1) is 0 Å². The number of amidine groups is 1. The highest BCUT2D eigenvalue weighted by molar-refractivity contribution is 9.10. The Morgan fingerprint density at radius 3 is 2.48 bits per heavy atom. The van der Waals surface area contributed by atoms with Crippen molar-refractivity contribution in [2.24, 2.45) is 4.99 Å². The Kier molecular flexibility index (Phi) is 7.74. The summed E-state index contributed by atoms with van der Waals surface area (Å²) in [5.41, 5.74) is 3.42. The van der Waals surface area contributed by atoms with Gasteiger partial charge in [0.05, 0.1) is 29.7 Å². The normalized spacial score (nSPS) is 16.2. The maximum absolute atomic E-state index is 14.5. The first kappa shape index (κ1) is 31.4. The molecule has 1 atom stereocenters. The molecule has 2 aliphatic rings. The number of fused-ring (bicyclic) bond motifs is 3. The molecule has 3 aromatic carbocycles. The lowest BCUT2D eigenvalue weighted by Crippen LogP contribution is -2.46. The molecule has 0 unspecified atom stereocenters. The fourth-order valence-corrected chi connectivity index (χ4v) is 6.77. The van der Waals surface area contributed by atoms with Crippen LogP contribution < -0.4 is 5.56 Å². The van der Waals surface area contributed by atoms with Crippen LogP contribution in [0.1, 0.15) is 50.8 Å². The van der Waals surface area contributed by atoms with E-state index in [1.54, 1.807) is 29.3 Å². The minimum Gasteiger partial charge on any atom is -0.358 e. The lowest BCUT2D eigenvalue weighted by Gasteiger charge is -2.35. The van der Waals surface area contributed by atoms with Crippen molar-refractivity contribution in [1.29, 1.82) is 0 Å². The molecule has 7 rings (SSSR count). The second-order valence-corrected chi connectivity index (χ2v) is 12.6. The van der Waals surface area contributed by atoms with Crippen molar-refractivity contribution >= 4 is 33.3 Å². The van der Waals surface area contributed by atoms with Gasteiger partial charge in [-0.2, -0.15) is 28.3 Å². The largest absolute Gasteiger partial charge is 0.417 e. The summed E-state index contributed by atoms with van der Waals surface area (Å²) in [5, 5.41) is 6.23. The number of hydroxylamine groups is 2. The first-order valence-electron chi connectivity index (χ1n) is 15.1. The molecule has 0 saturated heterocycles. The first-order valence-corrected chi connectivity index (χ1v) is 15.8. The van der Waals surface area contributed by atoms with Gasteiger partial charge in [-0.15, -0.1) is 0 Å². The zero-order valence-corrected chi connectivity index (χ0v) is 27.4. The van der Waals surface area contributed by atoms with Gasteiger partial charge in [-0.25, -0.2) is 4.52 Å². The molecule has 0 saturated carbocycles. The Labute approximate surface area is 281 Å². The van der Waals surface area contributed by atoms with Crippen LogP contribution >= 0.6 is 15.9 Å². The molecule has 1 amide bonds. The number of hydrogen-bond donors (Lipinski definition) is 0. The molecule has 0 fully saturated rings. The molecule has 0 N–H and O–H groups in total.